The fraction of sp³-hybridized carbons (Fsp3) is 0.412. The zero-order valence-electron chi connectivity index (χ0n) is 13.4. The van der Waals surface area contributed by atoms with E-state index in [-0.39, 0.29) is 24.0 Å². The molecule has 1 fully saturated rings. The third-order valence-corrected chi connectivity index (χ3v) is 3.89. The molecule has 2 N–H and O–H groups in total. The van der Waals surface area contributed by atoms with Gasteiger partial charge < -0.3 is 15.2 Å². The first kappa shape index (κ1) is 17.8. The summed E-state index contributed by atoms with van der Waals surface area (Å²) in [7, 11) is 1.82. The van der Waals surface area contributed by atoms with Crippen LogP contribution in [0.2, 0.25) is 0 Å². The summed E-state index contributed by atoms with van der Waals surface area (Å²) < 4.78 is 2.07. The van der Waals surface area contributed by atoms with Gasteiger partial charge in [-0.05, 0) is 29.9 Å². The molecule has 124 valence electrons. The topological polar surface area (TPSA) is 54.2 Å². The van der Waals surface area contributed by atoms with E-state index in [4.69, 9.17) is 0 Å². The Bertz CT molecular complexity index is 602. The number of hydrogen-bond donors (Lipinski definition) is 2. The molecular weight excluding hydrogens is 401 g/mol. The average molecular weight is 425 g/mol. The first-order valence-electron chi connectivity index (χ1n) is 7.81. The van der Waals surface area contributed by atoms with Gasteiger partial charge in [-0.15, -0.1) is 24.0 Å². The van der Waals surface area contributed by atoms with Crippen molar-refractivity contribution in [3.05, 3.63) is 54.1 Å². The van der Waals surface area contributed by atoms with Gasteiger partial charge in [-0.25, -0.2) is 4.98 Å². The molecule has 1 aromatic carbocycles. The van der Waals surface area contributed by atoms with Crippen LogP contribution in [0.15, 0.2) is 48.0 Å². The predicted octanol–water partition coefficient (Wildman–Crippen LogP) is 2.62. The lowest BCUT2D eigenvalue weighted by molar-refractivity contribution is 0.737. The second kappa shape index (κ2) is 8.90. The maximum absolute atomic E-state index is 4.25. The predicted molar refractivity (Wildman–Crippen MR) is 104 cm³/mol. The largest absolute Gasteiger partial charge is 0.356 e. The summed E-state index contributed by atoms with van der Waals surface area (Å²) in [6, 6.07) is 8.65. The highest BCUT2D eigenvalue weighted by atomic mass is 127. The normalized spacial score (nSPS) is 14.2. The summed E-state index contributed by atoms with van der Waals surface area (Å²) in [6.45, 7) is 2.68. The van der Waals surface area contributed by atoms with E-state index in [9.17, 15) is 0 Å². The van der Waals surface area contributed by atoms with Gasteiger partial charge >= 0.3 is 0 Å². The van der Waals surface area contributed by atoms with Gasteiger partial charge in [0, 0.05) is 39.1 Å². The number of imidazole rings is 1. The average Bonchev–Trinajstić information content (AvgIpc) is 3.24. The van der Waals surface area contributed by atoms with E-state index in [2.05, 4.69) is 49.4 Å². The highest BCUT2D eigenvalue weighted by Crippen LogP contribution is 2.27. The van der Waals surface area contributed by atoms with E-state index in [1.165, 1.54) is 24.0 Å². The number of nitrogens with zero attached hydrogens (tertiary/aromatic N) is 3. The third kappa shape index (κ3) is 5.85. The maximum atomic E-state index is 4.25. The molecule has 0 atom stereocenters. The Kier molecular flexibility index (Phi) is 6.88. The molecule has 0 unspecified atom stereocenters. The number of halogens is 1. The van der Waals surface area contributed by atoms with Gasteiger partial charge in [0.15, 0.2) is 5.96 Å². The summed E-state index contributed by atoms with van der Waals surface area (Å²) in [5, 5.41) is 6.73. The summed E-state index contributed by atoms with van der Waals surface area (Å²) in [4.78, 5) is 8.32. The summed E-state index contributed by atoms with van der Waals surface area (Å²) in [5.41, 5.74) is 2.53. The van der Waals surface area contributed by atoms with Crippen molar-refractivity contribution in [3.63, 3.8) is 0 Å². The molecule has 2 aromatic rings. The Morgan fingerprint density at radius 2 is 1.96 bits per heavy atom. The number of rotatable bonds is 6. The van der Waals surface area contributed by atoms with Crippen molar-refractivity contribution in [2.75, 3.05) is 13.6 Å². The van der Waals surface area contributed by atoms with Crippen LogP contribution in [-0.4, -0.2) is 29.1 Å². The van der Waals surface area contributed by atoms with Gasteiger partial charge in [0.2, 0.25) is 0 Å². The van der Waals surface area contributed by atoms with Crippen LogP contribution in [0.5, 0.6) is 0 Å². The Hall–Kier alpha value is -1.57. The van der Waals surface area contributed by atoms with Crippen LogP contribution in [0.1, 0.15) is 24.0 Å². The standard InChI is InChI=1S/C17H23N5.HI/c1-18-17(20-10-14-2-3-14)21-11-15-4-6-16(7-5-15)12-22-9-8-19-13-22;/h4-9,13-14H,2-3,10-12H2,1H3,(H2,18,20,21);1H. The Balaban J connectivity index is 0.00000192. The van der Waals surface area contributed by atoms with E-state index in [1.807, 2.05) is 19.6 Å². The molecule has 0 amide bonds. The second-order valence-corrected chi connectivity index (χ2v) is 5.80. The van der Waals surface area contributed by atoms with Crippen molar-refractivity contribution in [2.24, 2.45) is 10.9 Å². The minimum atomic E-state index is 0. The number of aromatic nitrogens is 2. The fourth-order valence-electron chi connectivity index (χ4n) is 2.32. The lowest BCUT2D eigenvalue weighted by Gasteiger charge is -2.12. The Morgan fingerprint density at radius 1 is 1.22 bits per heavy atom. The van der Waals surface area contributed by atoms with Gasteiger partial charge in [0.05, 0.1) is 6.33 Å². The van der Waals surface area contributed by atoms with Crippen LogP contribution in [0.3, 0.4) is 0 Å². The molecule has 0 radical (unpaired) electrons. The Labute approximate surface area is 154 Å². The van der Waals surface area contributed by atoms with Crippen LogP contribution in [-0.2, 0) is 13.1 Å². The Morgan fingerprint density at radius 3 is 2.57 bits per heavy atom. The molecule has 6 heteroatoms. The van der Waals surface area contributed by atoms with Crippen molar-refractivity contribution in [3.8, 4) is 0 Å². The van der Waals surface area contributed by atoms with Crippen LogP contribution in [0, 0.1) is 5.92 Å². The molecule has 3 rings (SSSR count). The molecule has 0 spiro atoms. The number of hydrogen-bond acceptors (Lipinski definition) is 2. The second-order valence-electron chi connectivity index (χ2n) is 5.80. The SMILES string of the molecule is CN=C(NCc1ccc(Cn2ccnc2)cc1)NCC1CC1.I. The van der Waals surface area contributed by atoms with E-state index in [0.717, 1.165) is 31.5 Å². The lowest BCUT2D eigenvalue weighted by Crippen LogP contribution is -2.37. The van der Waals surface area contributed by atoms with Gasteiger partial charge in [-0.1, -0.05) is 24.3 Å². The molecule has 5 nitrogen and oxygen atoms in total. The summed E-state index contributed by atoms with van der Waals surface area (Å²) in [6.07, 6.45) is 8.32. The monoisotopic (exact) mass is 425 g/mol. The molecule has 0 aliphatic heterocycles. The van der Waals surface area contributed by atoms with E-state index in [1.54, 1.807) is 6.20 Å². The number of guanidine groups is 1. The summed E-state index contributed by atoms with van der Waals surface area (Å²) >= 11 is 0. The van der Waals surface area contributed by atoms with Crippen molar-refractivity contribution >= 4 is 29.9 Å². The molecule has 1 saturated carbocycles. The van der Waals surface area contributed by atoms with Gasteiger partial charge in [-0.3, -0.25) is 4.99 Å². The molecule has 1 aliphatic rings. The maximum Gasteiger partial charge on any atom is 0.191 e. The van der Waals surface area contributed by atoms with Crippen LogP contribution in [0.25, 0.3) is 0 Å². The van der Waals surface area contributed by atoms with Crippen molar-refractivity contribution in [2.45, 2.75) is 25.9 Å². The highest BCUT2D eigenvalue weighted by molar-refractivity contribution is 14.0. The molecule has 1 heterocycles. The van der Waals surface area contributed by atoms with Crippen LogP contribution in [0.4, 0.5) is 0 Å². The number of nitrogens with one attached hydrogen (secondary N) is 2. The molecule has 23 heavy (non-hydrogen) atoms. The molecule has 1 aromatic heterocycles. The van der Waals surface area contributed by atoms with Gasteiger partial charge in [-0.2, -0.15) is 0 Å². The van der Waals surface area contributed by atoms with E-state index < -0.39 is 0 Å². The molecule has 0 bridgehead atoms. The number of aliphatic imine (C=N–C) groups is 1. The quantitative estimate of drug-likeness (QED) is 0.425. The smallest absolute Gasteiger partial charge is 0.191 e. The fourth-order valence-corrected chi connectivity index (χ4v) is 2.32. The minimum absolute atomic E-state index is 0. The third-order valence-electron chi connectivity index (χ3n) is 3.89. The van der Waals surface area contributed by atoms with Crippen molar-refractivity contribution in [1.29, 1.82) is 0 Å². The first-order valence-corrected chi connectivity index (χ1v) is 7.81. The zero-order valence-corrected chi connectivity index (χ0v) is 15.7. The molecule has 0 saturated heterocycles. The first-order chi connectivity index (χ1) is 10.8. The molecule has 1 aliphatic carbocycles. The lowest BCUT2D eigenvalue weighted by atomic mass is 10.1. The van der Waals surface area contributed by atoms with E-state index in [0.29, 0.717) is 0 Å². The number of benzene rings is 1. The van der Waals surface area contributed by atoms with Gasteiger partial charge in [0.1, 0.15) is 0 Å². The van der Waals surface area contributed by atoms with Crippen LogP contribution >= 0.6 is 24.0 Å². The summed E-state index contributed by atoms with van der Waals surface area (Å²) in [5.74, 6) is 1.73. The van der Waals surface area contributed by atoms with E-state index >= 15 is 0 Å². The highest BCUT2D eigenvalue weighted by Gasteiger charge is 2.20. The minimum Gasteiger partial charge on any atom is -0.356 e. The van der Waals surface area contributed by atoms with Crippen LogP contribution < -0.4 is 10.6 Å². The van der Waals surface area contributed by atoms with Crippen molar-refractivity contribution < 1.29 is 0 Å². The van der Waals surface area contributed by atoms with Crippen molar-refractivity contribution in [1.82, 2.24) is 20.2 Å². The van der Waals surface area contributed by atoms with Gasteiger partial charge in [0.25, 0.3) is 0 Å². The molecular formula is C17H24IN5. The zero-order chi connectivity index (χ0) is 15.2.